The zero-order valence-corrected chi connectivity index (χ0v) is 17.4. The van der Waals surface area contributed by atoms with Crippen molar-refractivity contribution in [1.82, 2.24) is 0 Å². The van der Waals surface area contributed by atoms with Gasteiger partial charge in [0.1, 0.15) is 11.5 Å². The topological polar surface area (TPSA) is 58.9 Å². The molecule has 1 aliphatic rings. The van der Waals surface area contributed by atoms with Gasteiger partial charge in [0.05, 0.1) is 19.3 Å². The third-order valence-electron chi connectivity index (χ3n) is 4.94. The first-order valence-electron chi connectivity index (χ1n) is 10.4. The van der Waals surface area contributed by atoms with E-state index in [1.165, 1.54) is 11.6 Å². The molecule has 1 aliphatic heterocycles. The molecule has 1 heterocycles. The molecule has 154 valence electrons. The van der Waals surface area contributed by atoms with Gasteiger partial charge >= 0.3 is 0 Å². The van der Waals surface area contributed by atoms with Crippen LogP contribution in [0.5, 0.6) is 11.5 Å². The molecule has 2 aromatic rings. The maximum atomic E-state index is 10.2. The fourth-order valence-corrected chi connectivity index (χ4v) is 3.54. The summed E-state index contributed by atoms with van der Waals surface area (Å²) in [7, 11) is 0. The lowest BCUT2D eigenvalue weighted by Gasteiger charge is -2.31. The first-order valence-corrected chi connectivity index (χ1v) is 10.4. The summed E-state index contributed by atoms with van der Waals surface area (Å²) < 4.78 is 11.7. The monoisotopic (exact) mass is 386 g/mol. The summed E-state index contributed by atoms with van der Waals surface area (Å²) in [5, 5.41) is 20.0. The summed E-state index contributed by atoms with van der Waals surface area (Å²) in [4.78, 5) is 0. The molecule has 4 nitrogen and oxygen atoms in total. The second kappa shape index (κ2) is 11.7. The van der Waals surface area contributed by atoms with Crippen LogP contribution in [0.4, 0.5) is 0 Å². The zero-order valence-electron chi connectivity index (χ0n) is 17.4. The Morgan fingerprint density at radius 2 is 1.79 bits per heavy atom. The normalized spacial score (nSPS) is 18.1. The van der Waals surface area contributed by atoms with Crippen LogP contribution >= 0.6 is 0 Å². The minimum Gasteiger partial charge on any atom is -0.508 e. The van der Waals surface area contributed by atoms with E-state index < -0.39 is 0 Å². The van der Waals surface area contributed by atoms with Crippen molar-refractivity contribution < 1.29 is 19.7 Å². The van der Waals surface area contributed by atoms with Crippen molar-refractivity contribution in [1.29, 1.82) is 0 Å². The molecule has 28 heavy (non-hydrogen) atoms. The summed E-state index contributed by atoms with van der Waals surface area (Å²) >= 11 is 0. The molecule has 1 unspecified atom stereocenters. The Hall–Kier alpha value is -2.04. The molecule has 0 spiro atoms. The number of rotatable bonds is 8. The van der Waals surface area contributed by atoms with Gasteiger partial charge in [-0.1, -0.05) is 63.9 Å². The minimum atomic E-state index is -0.0907. The van der Waals surface area contributed by atoms with E-state index in [1.807, 2.05) is 32.0 Å². The molecule has 2 atom stereocenters. The predicted molar refractivity (Wildman–Crippen MR) is 113 cm³/mol. The molecule has 0 saturated carbocycles. The number of aromatic hydroxyl groups is 2. The SMILES string of the molecule is CC.C[C@@H]1COC(CCCCCOCc2ccccc2)c2c(O)cc(O)cc21. The summed E-state index contributed by atoms with van der Waals surface area (Å²) in [6, 6.07) is 13.4. The molecule has 4 heteroatoms. The van der Waals surface area contributed by atoms with Gasteiger partial charge in [0.2, 0.25) is 0 Å². The average molecular weight is 387 g/mol. The Balaban J connectivity index is 0.00000136. The van der Waals surface area contributed by atoms with Gasteiger partial charge in [0.15, 0.2) is 0 Å². The summed E-state index contributed by atoms with van der Waals surface area (Å²) in [5.41, 5.74) is 3.05. The van der Waals surface area contributed by atoms with Crippen molar-refractivity contribution >= 4 is 0 Å². The van der Waals surface area contributed by atoms with Gasteiger partial charge in [-0.25, -0.2) is 0 Å². The molecule has 0 bridgehead atoms. The highest BCUT2D eigenvalue weighted by molar-refractivity contribution is 5.49. The van der Waals surface area contributed by atoms with Crippen molar-refractivity contribution in [2.75, 3.05) is 13.2 Å². The lowest BCUT2D eigenvalue weighted by atomic mass is 9.87. The Morgan fingerprint density at radius 1 is 1.04 bits per heavy atom. The second-order valence-corrected chi connectivity index (χ2v) is 7.08. The van der Waals surface area contributed by atoms with Gasteiger partial charge in [-0.3, -0.25) is 0 Å². The molecule has 0 fully saturated rings. The highest BCUT2D eigenvalue weighted by Crippen LogP contribution is 2.43. The van der Waals surface area contributed by atoms with Crippen LogP contribution in [0.3, 0.4) is 0 Å². The summed E-state index contributed by atoms with van der Waals surface area (Å²) in [6.07, 6.45) is 3.89. The van der Waals surface area contributed by atoms with E-state index in [1.54, 1.807) is 6.07 Å². The van der Waals surface area contributed by atoms with E-state index in [0.29, 0.717) is 13.2 Å². The number of hydrogen-bond donors (Lipinski definition) is 2. The Morgan fingerprint density at radius 3 is 2.54 bits per heavy atom. The maximum Gasteiger partial charge on any atom is 0.125 e. The average Bonchev–Trinajstić information content (AvgIpc) is 2.71. The molecule has 0 radical (unpaired) electrons. The molecule has 3 rings (SSSR count). The zero-order chi connectivity index (χ0) is 20.4. The predicted octanol–water partition coefficient (Wildman–Crippen LogP) is 6.08. The van der Waals surface area contributed by atoms with Crippen LogP contribution in [-0.4, -0.2) is 23.4 Å². The van der Waals surface area contributed by atoms with E-state index in [9.17, 15) is 10.2 Å². The smallest absolute Gasteiger partial charge is 0.125 e. The quantitative estimate of drug-likeness (QED) is 0.540. The van der Waals surface area contributed by atoms with Crippen molar-refractivity contribution in [2.24, 2.45) is 0 Å². The molecule has 0 aromatic heterocycles. The lowest BCUT2D eigenvalue weighted by Crippen LogP contribution is -2.19. The van der Waals surface area contributed by atoms with Crippen molar-refractivity contribution in [3.8, 4) is 11.5 Å². The van der Waals surface area contributed by atoms with Crippen molar-refractivity contribution in [3.05, 3.63) is 59.2 Å². The van der Waals surface area contributed by atoms with Crippen LogP contribution in [0.25, 0.3) is 0 Å². The summed E-state index contributed by atoms with van der Waals surface area (Å²) in [6.45, 7) is 8.10. The molecule has 0 amide bonds. The van der Waals surface area contributed by atoms with Gasteiger partial charge in [0.25, 0.3) is 0 Å². The van der Waals surface area contributed by atoms with Crippen molar-refractivity contribution in [2.45, 2.75) is 65.1 Å². The fraction of sp³-hybridized carbons (Fsp3) is 0.500. The number of phenolic OH excluding ortho intramolecular Hbond substituents is 2. The minimum absolute atomic E-state index is 0.0907. The van der Waals surface area contributed by atoms with E-state index in [0.717, 1.165) is 43.4 Å². The van der Waals surface area contributed by atoms with Crippen LogP contribution < -0.4 is 0 Å². The van der Waals surface area contributed by atoms with Gasteiger partial charge < -0.3 is 19.7 Å². The first kappa shape index (κ1) is 22.3. The molecule has 2 aromatic carbocycles. The Kier molecular flexibility index (Phi) is 9.32. The van der Waals surface area contributed by atoms with E-state index in [-0.39, 0.29) is 23.5 Å². The lowest BCUT2D eigenvalue weighted by molar-refractivity contribution is 0.0211. The van der Waals surface area contributed by atoms with Crippen LogP contribution in [0.2, 0.25) is 0 Å². The molecular weight excluding hydrogens is 352 g/mol. The van der Waals surface area contributed by atoms with E-state index in [2.05, 4.69) is 19.1 Å². The highest BCUT2D eigenvalue weighted by Gasteiger charge is 2.28. The first-order chi connectivity index (χ1) is 13.6. The van der Waals surface area contributed by atoms with Crippen molar-refractivity contribution in [3.63, 3.8) is 0 Å². The van der Waals surface area contributed by atoms with Gasteiger partial charge in [-0.15, -0.1) is 0 Å². The molecule has 2 N–H and O–H groups in total. The van der Waals surface area contributed by atoms with Gasteiger partial charge in [-0.2, -0.15) is 0 Å². The van der Waals surface area contributed by atoms with Crippen LogP contribution in [-0.2, 0) is 16.1 Å². The largest absolute Gasteiger partial charge is 0.508 e. The number of hydrogen-bond acceptors (Lipinski definition) is 4. The number of ether oxygens (including phenoxy) is 2. The van der Waals surface area contributed by atoms with Gasteiger partial charge in [-0.05, 0) is 30.0 Å². The second-order valence-electron chi connectivity index (χ2n) is 7.08. The number of fused-ring (bicyclic) bond motifs is 1. The standard InChI is InChI=1S/C22H28O4.C2H6/c1-16-14-26-21(22-19(16)12-18(23)13-20(22)24)10-6-3-7-11-25-15-17-8-4-2-5-9-17;1-2/h2,4-5,8-9,12-13,16,21,23-24H,3,6-7,10-11,14-15H2,1H3;1-2H3/t16-,21?;/m1./s1. The Bertz CT molecular complexity index is 699. The number of unbranched alkanes of at least 4 members (excludes halogenated alkanes) is 2. The number of phenols is 2. The van der Waals surface area contributed by atoms with Crippen LogP contribution in [0, 0.1) is 0 Å². The third kappa shape index (κ3) is 6.25. The molecule has 0 saturated heterocycles. The van der Waals surface area contributed by atoms with Crippen LogP contribution in [0.1, 0.15) is 75.2 Å². The third-order valence-corrected chi connectivity index (χ3v) is 4.94. The van der Waals surface area contributed by atoms with Gasteiger partial charge in [0, 0.05) is 24.2 Å². The molecule has 0 aliphatic carbocycles. The maximum absolute atomic E-state index is 10.2. The van der Waals surface area contributed by atoms with E-state index >= 15 is 0 Å². The number of benzene rings is 2. The highest BCUT2D eigenvalue weighted by atomic mass is 16.5. The Labute approximate surface area is 169 Å². The fourth-order valence-electron chi connectivity index (χ4n) is 3.54. The molecular formula is C24H34O4. The van der Waals surface area contributed by atoms with Crippen LogP contribution in [0.15, 0.2) is 42.5 Å². The van der Waals surface area contributed by atoms with E-state index in [4.69, 9.17) is 9.47 Å². The summed E-state index contributed by atoms with van der Waals surface area (Å²) in [5.74, 6) is 0.442.